The summed E-state index contributed by atoms with van der Waals surface area (Å²) in [5.41, 5.74) is -0.355. The fraction of sp³-hybridized carbons (Fsp3) is 0.208. The predicted molar refractivity (Wildman–Crippen MR) is 126 cm³/mol. The molecule has 0 N–H and O–H groups in total. The van der Waals surface area contributed by atoms with Crippen molar-refractivity contribution in [2.45, 2.75) is 19.5 Å². The van der Waals surface area contributed by atoms with Crippen LogP contribution in [-0.4, -0.2) is 46.8 Å². The van der Waals surface area contributed by atoms with Gasteiger partial charge in [-0.1, -0.05) is 12.1 Å². The zero-order chi connectivity index (χ0) is 24.7. The number of nitro benzene ring substituents is 1. The van der Waals surface area contributed by atoms with Crippen molar-refractivity contribution in [2.75, 3.05) is 18.1 Å². The molecule has 3 heterocycles. The lowest BCUT2D eigenvalue weighted by molar-refractivity contribution is -0.385. The van der Waals surface area contributed by atoms with Crippen molar-refractivity contribution in [1.29, 1.82) is 0 Å². The lowest BCUT2D eigenvalue weighted by atomic mass is 10.1. The smallest absolute Gasteiger partial charge is 0.282 e. The quantitative estimate of drug-likeness (QED) is 0.292. The van der Waals surface area contributed by atoms with Crippen LogP contribution in [0, 0.1) is 10.1 Å². The molecule has 2 aromatic carbocycles. The number of anilines is 1. The van der Waals surface area contributed by atoms with Gasteiger partial charge >= 0.3 is 0 Å². The van der Waals surface area contributed by atoms with E-state index >= 15 is 0 Å². The van der Waals surface area contributed by atoms with Gasteiger partial charge in [0.15, 0.2) is 11.5 Å². The van der Waals surface area contributed by atoms with Crippen LogP contribution in [0.3, 0.4) is 0 Å². The number of amides is 3. The molecule has 3 aromatic rings. The summed E-state index contributed by atoms with van der Waals surface area (Å²) in [7, 11) is 0. The number of nitrogens with zero attached hydrogens (tertiary/aromatic N) is 3. The predicted octanol–water partition coefficient (Wildman–Crippen LogP) is 3.65. The molecule has 0 fully saturated rings. The fourth-order valence-electron chi connectivity index (χ4n) is 4.18. The van der Waals surface area contributed by atoms with Crippen LogP contribution >= 0.6 is 11.3 Å². The van der Waals surface area contributed by atoms with E-state index in [1.165, 1.54) is 35.3 Å². The molecule has 1 unspecified atom stereocenters. The summed E-state index contributed by atoms with van der Waals surface area (Å²) < 4.78 is 11.2. The summed E-state index contributed by atoms with van der Waals surface area (Å²) in [6.45, 7) is 2.44. The zero-order valence-corrected chi connectivity index (χ0v) is 19.3. The number of hydrogen-bond acceptors (Lipinski definition) is 8. The van der Waals surface area contributed by atoms with Gasteiger partial charge in [-0.15, -0.1) is 11.3 Å². The number of fused-ring (bicyclic) bond motifs is 2. The van der Waals surface area contributed by atoms with Gasteiger partial charge in [0.25, 0.3) is 17.5 Å². The van der Waals surface area contributed by atoms with Crippen LogP contribution in [-0.2, 0) is 11.3 Å². The molecule has 2 aliphatic rings. The topological polar surface area (TPSA) is 119 Å². The third-order valence-electron chi connectivity index (χ3n) is 5.86. The molecule has 1 aromatic heterocycles. The van der Waals surface area contributed by atoms with Crippen molar-refractivity contribution in [3.05, 3.63) is 80.0 Å². The molecule has 3 amide bonds. The first-order valence-electron chi connectivity index (χ1n) is 10.8. The zero-order valence-electron chi connectivity index (χ0n) is 18.5. The Bertz CT molecular complexity index is 1360. The minimum atomic E-state index is -1.21. The van der Waals surface area contributed by atoms with Gasteiger partial charge in [0, 0.05) is 22.7 Å². The van der Waals surface area contributed by atoms with Gasteiger partial charge < -0.3 is 14.4 Å². The molecule has 35 heavy (non-hydrogen) atoms. The van der Waals surface area contributed by atoms with Gasteiger partial charge in [-0.2, -0.15) is 0 Å². The Hall–Kier alpha value is -4.25. The first-order valence-corrected chi connectivity index (χ1v) is 11.6. The summed E-state index contributed by atoms with van der Waals surface area (Å²) in [6, 6.07) is 11.5. The van der Waals surface area contributed by atoms with Crippen LogP contribution in [0.25, 0.3) is 0 Å². The molecule has 0 bridgehead atoms. The van der Waals surface area contributed by atoms with Crippen LogP contribution in [0.5, 0.6) is 11.5 Å². The normalized spacial score (nSPS) is 15.1. The Kier molecular flexibility index (Phi) is 5.69. The summed E-state index contributed by atoms with van der Waals surface area (Å²) in [4.78, 5) is 53.9. The van der Waals surface area contributed by atoms with E-state index in [0.717, 1.165) is 15.8 Å². The Labute approximate surface area is 203 Å². The Morgan fingerprint density at radius 1 is 1.11 bits per heavy atom. The lowest BCUT2D eigenvalue weighted by Crippen LogP contribution is -2.49. The number of imide groups is 1. The average Bonchev–Trinajstić information content (AvgIpc) is 3.47. The van der Waals surface area contributed by atoms with Crippen LogP contribution in [0.15, 0.2) is 53.9 Å². The van der Waals surface area contributed by atoms with Crippen molar-refractivity contribution in [1.82, 2.24) is 4.90 Å². The third kappa shape index (κ3) is 3.89. The monoisotopic (exact) mass is 493 g/mol. The second kappa shape index (κ2) is 8.84. The molecule has 0 saturated heterocycles. The summed E-state index contributed by atoms with van der Waals surface area (Å²) in [5, 5.41) is 13.3. The van der Waals surface area contributed by atoms with E-state index in [-0.39, 0.29) is 17.7 Å². The van der Waals surface area contributed by atoms with Crippen molar-refractivity contribution >= 4 is 40.4 Å². The summed E-state index contributed by atoms with van der Waals surface area (Å²) in [6.07, 6.45) is 0. The molecule has 0 saturated carbocycles. The highest BCUT2D eigenvalue weighted by Gasteiger charge is 2.45. The maximum absolute atomic E-state index is 13.8. The Morgan fingerprint density at radius 3 is 2.60 bits per heavy atom. The standard InChI is InChI=1S/C24H19N3O7S/c1-14(26-23(29)17-5-2-6-18(27(31)32)21(17)24(26)30)22(28)25(13-16-4-3-11-35-16)15-7-8-19-20(12-15)34-10-9-33-19/h2-8,11-12,14H,9-10,13H2,1H3. The molecule has 0 radical (unpaired) electrons. The second-order valence-corrected chi connectivity index (χ2v) is 8.98. The molecule has 1 atom stereocenters. The molecule has 178 valence electrons. The van der Waals surface area contributed by atoms with E-state index < -0.39 is 34.4 Å². The third-order valence-corrected chi connectivity index (χ3v) is 6.72. The van der Waals surface area contributed by atoms with Gasteiger partial charge in [-0.05, 0) is 36.6 Å². The summed E-state index contributed by atoms with van der Waals surface area (Å²) >= 11 is 1.46. The minimum absolute atomic E-state index is 0.0898. The van der Waals surface area contributed by atoms with E-state index in [4.69, 9.17) is 9.47 Å². The van der Waals surface area contributed by atoms with Crippen LogP contribution < -0.4 is 14.4 Å². The Morgan fingerprint density at radius 2 is 1.89 bits per heavy atom. The van der Waals surface area contributed by atoms with Crippen LogP contribution in [0.1, 0.15) is 32.5 Å². The van der Waals surface area contributed by atoms with Crippen LogP contribution in [0.2, 0.25) is 0 Å². The largest absolute Gasteiger partial charge is 0.486 e. The minimum Gasteiger partial charge on any atom is -0.486 e. The van der Waals surface area contributed by atoms with Crippen LogP contribution in [0.4, 0.5) is 11.4 Å². The average molecular weight is 493 g/mol. The number of nitro groups is 1. The van der Waals surface area contributed by atoms with E-state index in [1.54, 1.807) is 18.2 Å². The Balaban J connectivity index is 1.50. The number of carbonyl (C=O) groups is 3. The molecule has 0 aliphatic carbocycles. The number of thiophene rings is 1. The molecule has 10 nitrogen and oxygen atoms in total. The molecule has 5 rings (SSSR count). The summed E-state index contributed by atoms with van der Waals surface area (Å²) in [5.74, 6) is -1.08. The van der Waals surface area contributed by atoms with E-state index in [9.17, 15) is 24.5 Å². The van der Waals surface area contributed by atoms with Crippen molar-refractivity contribution in [3.8, 4) is 11.5 Å². The molecule has 11 heteroatoms. The van der Waals surface area contributed by atoms with Crippen molar-refractivity contribution in [2.24, 2.45) is 0 Å². The van der Waals surface area contributed by atoms with E-state index in [2.05, 4.69) is 0 Å². The number of carbonyl (C=O) groups excluding carboxylic acids is 3. The number of benzene rings is 2. The van der Waals surface area contributed by atoms with E-state index in [1.807, 2.05) is 17.5 Å². The van der Waals surface area contributed by atoms with Gasteiger partial charge in [-0.25, -0.2) is 0 Å². The highest BCUT2D eigenvalue weighted by atomic mass is 32.1. The van der Waals surface area contributed by atoms with Gasteiger partial charge in [0.05, 0.1) is 17.0 Å². The SMILES string of the molecule is CC(C(=O)N(Cc1cccs1)c1ccc2c(c1)OCCO2)N1C(=O)c2cccc([N+](=O)[O-])c2C1=O. The van der Waals surface area contributed by atoms with Crippen molar-refractivity contribution in [3.63, 3.8) is 0 Å². The number of hydrogen-bond donors (Lipinski definition) is 0. The molecule has 0 spiro atoms. The van der Waals surface area contributed by atoms with Gasteiger partial charge in [-0.3, -0.25) is 29.4 Å². The highest BCUT2D eigenvalue weighted by molar-refractivity contribution is 7.09. The second-order valence-electron chi connectivity index (χ2n) is 7.94. The van der Waals surface area contributed by atoms with Crippen molar-refractivity contribution < 1.29 is 28.8 Å². The maximum Gasteiger partial charge on any atom is 0.282 e. The molecule has 2 aliphatic heterocycles. The first kappa shape index (κ1) is 22.5. The van der Waals surface area contributed by atoms with E-state index in [0.29, 0.717) is 30.4 Å². The number of rotatable bonds is 6. The molecular formula is C24H19N3O7S. The number of ether oxygens (including phenoxy) is 2. The highest BCUT2D eigenvalue weighted by Crippen LogP contribution is 2.36. The first-order chi connectivity index (χ1) is 16.9. The molecular weight excluding hydrogens is 474 g/mol. The van der Waals surface area contributed by atoms with Gasteiger partial charge in [0.1, 0.15) is 24.8 Å². The maximum atomic E-state index is 13.8. The fourth-order valence-corrected chi connectivity index (χ4v) is 4.87. The lowest BCUT2D eigenvalue weighted by Gasteiger charge is -2.30. The van der Waals surface area contributed by atoms with Gasteiger partial charge in [0.2, 0.25) is 5.91 Å².